The van der Waals surface area contributed by atoms with Crippen LogP contribution in [0.5, 0.6) is 0 Å². The molecular formula is C18H18FNO2. The molecule has 22 heavy (non-hydrogen) atoms. The number of hydrogen-bond donors (Lipinski definition) is 1. The molecule has 0 saturated carbocycles. The zero-order valence-corrected chi connectivity index (χ0v) is 12.4. The van der Waals surface area contributed by atoms with E-state index in [1.165, 1.54) is 6.92 Å². The molecule has 1 N–H and O–H groups in total. The first-order valence-electron chi connectivity index (χ1n) is 7.10. The highest BCUT2D eigenvalue weighted by molar-refractivity contribution is 5.87. The van der Waals surface area contributed by atoms with E-state index in [-0.39, 0.29) is 24.4 Å². The molecule has 0 fully saturated rings. The number of aliphatic hydroxyl groups is 1. The Morgan fingerprint density at radius 3 is 2.64 bits per heavy atom. The van der Waals surface area contributed by atoms with Gasteiger partial charge in [-0.2, -0.15) is 0 Å². The van der Waals surface area contributed by atoms with Crippen molar-refractivity contribution in [3.63, 3.8) is 0 Å². The summed E-state index contributed by atoms with van der Waals surface area (Å²) in [6, 6.07) is 15.1. The van der Waals surface area contributed by atoms with Crippen LogP contribution in [0.4, 0.5) is 4.39 Å². The van der Waals surface area contributed by atoms with Gasteiger partial charge in [0.2, 0.25) is 0 Å². The molecule has 1 aromatic heterocycles. The number of aromatic nitrogens is 1. The zero-order valence-electron chi connectivity index (χ0n) is 12.4. The normalized spacial score (nSPS) is 12.9. The van der Waals surface area contributed by atoms with Crippen LogP contribution in [0.25, 0.3) is 11.3 Å². The summed E-state index contributed by atoms with van der Waals surface area (Å²) in [7, 11) is 0. The first-order valence-corrected chi connectivity index (χ1v) is 7.10. The third kappa shape index (κ3) is 4.81. The molecule has 0 spiro atoms. The van der Waals surface area contributed by atoms with Crippen molar-refractivity contribution in [2.75, 3.05) is 0 Å². The smallest absolute Gasteiger partial charge is 0.155 e. The molecule has 1 atom stereocenters. The van der Waals surface area contributed by atoms with E-state index in [9.17, 15) is 14.3 Å². The van der Waals surface area contributed by atoms with Crippen LogP contribution in [0.1, 0.15) is 19.0 Å². The lowest BCUT2D eigenvalue weighted by Crippen LogP contribution is -2.08. The number of allylic oxidation sites excluding steroid dienone is 2. The van der Waals surface area contributed by atoms with Crippen LogP contribution >= 0.6 is 0 Å². The molecule has 0 aliphatic rings. The van der Waals surface area contributed by atoms with Gasteiger partial charge >= 0.3 is 0 Å². The summed E-state index contributed by atoms with van der Waals surface area (Å²) in [5.74, 6) is -0.534. The third-order valence-electron chi connectivity index (χ3n) is 3.11. The van der Waals surface area contributed by atoms with Gasteiger partial charge in [-0.05, 0) is 19.1 Å². The molecule has 1 unspecified atom stereocenters. The Morgan fingerprint density at radius 2 is 1.95 bits per heavy atom. The van der Waals surface area contributed by atoms with Gasteiger partial charge in [-0.1, -0.05) is 36.4 Å². The molecule has 4 heteroatoms. The van der Waals surface area contributed by atoms with Crippen LogP contribution in [0.3, 0.4) is 0 Å². The van der Waals surface area contributed by atoms with Gasteiger partial charge in [0.15, 0.2) is 5.78 Å². The summed E-state index contributed by atoms with van der Waals surface area (Å²) in [4.78, 5) is 15.3. The second-order valence-corrected chi connectivity index (χ2v) is 5.13. The molecule has 1 heterocycles. The molecule has 0 bridgehead atoms. The fourth-order valence-electron chi connectivity index (χ4n) is 2.18. The van der Waals surface area contributed by atoms with Crippen molar-refractivity contribution in [2.24, 2.45) is 0 Å². The molecule has 0 aliphatic heterocycles. The highest BCUT2D eigenvalue weighted by Crippen LogP contribution is 2.18. The summed E-state index contributed by atoms with van der Waals surface area (Å²) in [6.45, 7) is 1.31. The average molecular weight is 299 g/mol. The Hall–Kier alpha value is -2.49. The Kier molecular flexibility index (Phi) is 5.42. The maximum absolute atomic E-state index is 14.0. The van der Waals surface area contributed by atoms with Crippen LogP contribution in [0, 0.1) is 0 Å². The lowest BCUT2D eigenvalue weighted by molar-refractivity contribution is -0.112. The molecule has 2 aromatic rings. The molecule has 0 aliphatic carbocycles. The summed E-state index contributed by atoms with van der Waals surface area (Å²) < 4.78 is 14.0. The van der Waals surface area contributed by atoms with Crippen molar-refractivity contribution >= 4 is 5.78 Å². The van der Waals surface area contributed by atoms with Crippen molar-refractivity contribution in [1.29, 1.82) is 0 Å². The van der Waals surface area contributed by atoms with Crippen LogP contribution in [0.15, 0.2) is 60.4 Å². The third-order valence-corrected chi connectivity index (χ3v) is 3.11. The molecule has 2 rings (SSSR count). The topological polar surface area (TPSA) is 50.2 Å². The monoisotopic (exact) mass is 299 g/mol. The largest absolute Gasteiger partial charge is 0.512 e. The highest BCUT2D eigenvalue weighted by Gasteiger charge is 2.12. The first-order chi connectivity index (χ1) is 10.5. The Balaban J connectivity index is 2.06. The number of hydrogen-bond acceptors (Lipinski definition) is 3. The summed E-state index contributed by atoms with van der Waals surface area (Å²) in [5, 5.41) is 9.48. The van der Waals surface area contributed by atoms with Crippen molar-refractivity contribution in [1.82, 2.24) is 4.98 Å². The summed E-state index contributed by atoms with van der Waals surface area (Å²) >= 11 is 0. The van der Waals surface area contributed by atoms with Gasteiger partial charge in [-0.3, -0.25) is 9.78 Å². The number of halogens is 1. The van der Waals surface area contributed by atoms with Crippen molar-refractivity contribution in [3.05, 3.63) is 66.1 Å². The van der Waals surface area contributed by atoms with Gasteiger partial charge in [0, 0.05) is 30.2 Å². The van der Waals surface area contributed by atoms with Crippen molar-refractivity contribution in [3.8, 4) is 11.3 Å². The minimum Gasteiger partial charge on any atom is -0.512 e. The fourth-order valence-corrected chi connectivity index (χ4v) is 2.18. The number of rotatable bonds is 6. The highest BCUT2D eigenvalue weighted by atomic mass is 19.1. The Bertz CT molecular complexity index is 668. The minimum atomic E-state index is -1.28. The molecule has 0 radical (unpaired) electrons. The van der Waals surface area contributed by atoms with Gasteiger partial charge in [0.25, 0.3) is 0 Å². The van der Waals surface area contributed by atoms with E-state index in [1.54, 1.807) is 6.07 Å². The average Bonchev–Trinajstić information content (AvgIpc) is 2.47. The van der Waals surface area contributed by atoms with E-state index >= 15 is 0 Å². The zero-order chi connectivity index (χ0) is 15.9. The molecular weight excluding hydrogens is 281 g/mol. The maximum Gasteiger partial charge on any atom is 0.155 e. The van der Waals surface area contributed by atoms with E-state index in [1.807, 2.05) is 42.5 Å². The standard InChI is InChI=1S/C18H18FNO2/c1-13(21)10-17(22)12-15(19)11-16-8-5-9-18(20-16)14-6-3-2-4-7-14/h2-10,15,22H,11-12H2,1H3/b17-10-. The molecule has 0 amide bonds. The van der Waals surface area contributed by atoms with E-state index < -0.39 is 6.17 Å². The SMILES string of the molecule is CC(=O)/C=C(\O)CC(F)Cc1cccc(-c2ccccc2)n1. The van der Waals surface area contributed by atoms with Gasteiger partial charge < -0.3 is 5.11 Å². The maximum atomic E-state index is 14.0. The fraction of sp³-hybridized carbons (Fsp3) is 0.222. The van der Waals surface area contributed by atoms with Gasteiger partial charge in [0.05, 0.1) is 11.5 Å². The minimum absolute atomic E-state index is 0.0937. The van der Waals surface area contributed by atoms with Gasteiger partial charge in [0.1, 0.15) is 6.17 Å². The lowest BCUT2D eigenvalue weighted by atomic mass is 10.1. The number of nitrogens with zero attached hydrogens (tertiary/aromatic N) is 1. The molecule has 114 valence electrons. The number of benzene rings is 1. The quantitative estimate of drug-likeness (QED) is 0.646. The first kappa shape index (κ1) is 15.9. The summed E-state index contributed by atoms with van der Waals surface area (Å²) in [6.07, 6.45) is -0.331. The number of carbonyl (C=O) groups is 1. The number of carbonyl (C=O) groups excluding carboxylic acids is 1. The van der Waals surface area contributed by atoms with Crippen LogP contribution in [-0.2, 0) is 11.2 Å². The second kappa shape index (κ2) is 7.50. The van der Waals surface area contributed by atoms with E-state index in [0.717, 1.165) is 17.3 Å². The molecule has 0 saturated heterocycles. The number of ketones is 1. The predicted octanol–water partition coefficient (Wildman–Crippen LogP) is 4.05. The number of pyridine rings is 1. The predicted molar refractivity (Wildman–Crippen MR) is 84.3 cm³/mol. The number of aliphatic hydroxyl groups excluding tert-OH is 1. The van der Waals surface area contributed by atoms with Crippen LogP contribution < -0.4 is 0 Å². The Labute approximate surface area is 129 Å². The van der Waals surface area contributed by atoms with E-state index in [4.69, 9.17) is 0 Å². The second-order valence-electron chi connectivity index (χ2n) is 5.13. The van der Waals surface area contributed by atoms with Gasteiger partial charge in [-0.15, -0.1) is 0 Å². The molecule has 1 aromatic carbocycles. The number of alkyl halides is 1. The molecule has 3 nitrogen and oxygen atoms in total. The lowest BCUT2D eigenvalue weighted by Gasteiger charge is -2.09. The van der Waals surface area contributed by atoms with Crippen LogP contribution in [0.2, 0.25) is 0 Å². The van der Waals surface area contributed by atoms with E-state index in [2.05, 4.69) is 4.98 Å². The van der Waals surface area contributed by atoms with Gasteiger partial charge in [-0.25, -0.2) is 4.39 Å². The van der Waals surface area contributed by atoms with E-state index in [0.29, 0.717) is 5.69 Å². The summed E-state index contributed by atoms with van der Waals surface area (Å²) in [5.41, 5.74) is 2.37. The van der Waals surface area contributed by atoms with Crippen molar-refractivity contribution < 1.29 is 14.3 Å². The van der Waals surface area contributed by atoms with Crippen molar-refractivity contribution in [2.45, 2.75) is 25.9 Å². The van der Waals surface area contributed by atoms with Crippen LogP contribution in [-0.4, -0.2) is 22.0 Å². The Morgan fingerprint density at radius 1 is 1.23 bits per heavy atom.